The minimum atomic E-state index is -4.71. The predicted molar refractivity (Wildman–Crippen MR) is 74.6 cm³/mol. The SMILES string of the molecule is CCC(Nc1nc(C(F)(F)F)nc2ccc(C)cc12)C(=O)O. The van der Waals surface area contributed by atoms with Crippen LogP contribution in [0.25, 0.3) is 10.9 Å². The Balaban J connectivity index is 2.62. The molecule has 0 aliphatic carbocycles. The number of halogens is 3. The molecule has 22 heavy (non-hydrogen) atoms. The predicted octanol–water partition coefficient (Wildman–Crippen LogP) is 3.23. The van der Waals surface area contributed by atoms with Gasteiger partial charge in [0.05, 0.1) is 5.52 Å². The standard InChI is InChI=1S/C14H14F3N3O2/c1-3-9(12(21)22)18-11-8-6-7(2)4-5-10(8)19-13(20-11)14(15,16)17/h4-6,9H,3H2,1-2H3,(H,21,22)(H,18,19,20). The number of aryl methyl sites for hydroxylation is 1. The van der Waals surface area contributed by atoms with E-state index in [1.54, 1.807) is 26.0 Å². The van der Waals surface area contributed by atoms with Gasteiger partial charge in [-0.1, -0.05) is 18.6 Å². The first-order valence-corrected chi connectivity index (χ1v) is 6.57. The van der Waals surface area contributed by atoms with E-state index < -0.39 is 24.0 Å². The van der Waals surface area contributed by atoms with Crippen molar-refractivity contribution in [3.63, 3.8) is 0 Å². The molecule has 2 rings (SSSR count). The van der Waals surface area contributed by atoms with Crippen LogP contribution in [0.3, 0.4) is 0 Å². The second-order valence-electron chi connectivity index (χ2n) is 4.86. The second kappa shape index (κ2) is 5.78. The van der Waals surface area contributed by atoms with Crippen LogP contribution in [0.1, 0.15) is 24.7 Å². The minimum Gasteiger partial charge on any atom is -0.480 e. The van der Waals surface area contributed by atoms with Crippen molar-refractivity contribution in [2.24, 2.45) is 0 Å². The first-order valence-electron chi connectivity index (χ1n) is 6.57. The van der Waals surface area contributed by atoms with Crippen LogP contribution in [0.15, 0.2) is 18.2 Å². The molecule has 1 unspecified atom stereocenters. The first-order chi connectivity index (χ1) is 10.2. The number of carboxylic acid groups (broad SMARTS) is 1. The number of carbonyl (C=O) groups is 1. The van der Waals surface area contributed by atoms with Crippen LogP contribution in [0.4, 0.5) is 19.0 Å². The number of nitrogens with zero attached hydrogens (tertiary/aromatic N) is 2. The molecule has 0 amide bonds. The van der Waals surface area contributed by atoms with Gasteiger partial charge in [0.15, 0.2) is 0 Å². The summed E-state index contributed by atoms with van der Waals surface area (Å²) in [5.41, 5.74) is 0.915. The third-order valence-electron chi connectivity index (χ3n) is 3.12. The number of hydrogen-bond acceptors (Lipinski definition) is 4. The smallest absolute Gasteiger partial charge is 0.451 e. The molecule has 0 saturated heterocycles. The zero-order valence-electron chi connectivity index (χ0n) is 11.9. The van der Waals surface area contributed by atoms with Crippen LogP contribution in [0.2, 0.25) is 0 Å². The van der Waals surface area contributed by atoms with Crippen molar-refractivity contribution in [3.8, 4) is 0 Å². The van der Waals surface area contributed by atoms with Crippen LogP contribution in [0.5, 0.6) is 0 Å². The molecule has 1 aromatic carbocycles. The summed E-state index contributed by atoms with van der Waals surface area (Å²) in [5.74, 6) is -2.59. The molecule has 1 heterocycles. The molecule has 0 spiro atoms. The molecule has 2 aromatic rings. The molecular formula is C14H14F3N3O2. The summed E-state index contributed by atoms with van der Waals surface area (Å²) in [4.78, 5) is 18.1. The Bertz CT molecular complexity index is 716. The lowest BCUT2D eigenvalue weighted by atomic mass is 10.1. The van der Waals surface area contributed by atoms with E-state index >= 15 is 0 Å². The van der Waals surface area contributed by atoms with Gasteiger partial charge in [-0.15, -0.1) is 0 Å². The summed E-state index contributed by atoms with van der Waals surface area (Å²) in [6.45, 7) is 3.39. The third kappa shape index (κ3) is 3.26. The molecule has 2 N–H and O–H groups in total. The van der Waals surface area contributed by atoms with E-state index in [1.807, 2.05) is 0 Å². The van der Waals surface area contributed by atoms with Gasteiger partial charge in [0, 0.05) is 5.39 Å². The number of anilines is 1. The van der Waals surface area contributed by atoms with Crippen LogP contribution >= 0.6 is 0 Å². The molecule has 0 radical (unpaired) electrons. The molecule has 0 fully saturated rings. The van der Waals surface area contributed by atoms with E-state index in [9.17, 15) is 18.0 Å². The quantitative estimate of drug-likeness (QED) is 0.906. The Kier molecular flexibility index (Phi) is 4.20. The van der Waals surface area contributed by atoms with E-state index in [0.717, 1.165) is 5.56 Å². The van der Waals surface area contributed by atoms with Gasteiger partial charge in [-0.2, -0.15) is 13.2 Å². The number of benzene rings is 1. The fourth-order valence-corrected chi connectivity index (χ4v) is 1.98. The number of fused-ring (bicyclic) bond motifs is 1. The molecule has 0 saturated carbocycles. The monoisotopic (exact) mass is 313 g/mol. The number of rotatable bonds is 4. The lowest BCUT2D eigenvalue weighted by Gasteiger charge is -2.16. The summed E-state index contributed by atoms with van der Waals surface area (Å²) in [5, 5.41) is 12.0. The second-order valence-corrected chi connectivity index (χ2v) is 4.86. The normalized spacial score (nSPS) is 13.1. The molecular weight excluding hydrogens is 299 g/mol. The molecule has 1 aromatic heterocycles. The van der Waals surface area contributed by atoms with Crippen molar-refractivity contribution >= 4 is 22.7 Å². The lowest BCUT2D eigenvalue weighted by molar-refractivity contribution is -0.144. The van der Waals surface area contributed by atoms with Gasteiger partial charge in [-0.05, 0) is 25.5 Å². The van der Waals surface area contributed by atoms with Gasteiger partial charge in [0.2, 0.25) is 5.82 Å². The average molecular weight is 313 g/mol. The van der Waals surface area contributed by atoms with Crippen LogP contribution in [-0.2, 0) is 11.0 Å². The van der Waals surface area contributed by atoms with Crippen LogP contribution in [0, 0.1) is 6.92 Å². The summed E-state index contributed by atoms with van der Waals surface area (Å²) in [6.07, 6.45) is -4.51. The summed E-state index contributed by atoms with van der Waals surface area (Å²) in [7, 11) is 0. The van der Waals surface area contributed by atoms with Gasteiger partial charge in [0.25, 0.3) is 0 Å². The van der Waals surface area contributed by atoms with E-state index in [-0.39, 0.29) is 17.8 Å². The summed E-state index contributed by atoms with van der Waals surface area (Å²) >= 11 is 0. The zero-order chi connectivity index (χ0) is 16.5. The van der Waals surface area contributed by atoms with E-state index in [1.165, 1.54) is 6.07 Å². The fourth-order valence-electron chi connectivity index (χ4n) is 1.98. The van der Waals surface area contributed by atoms with Crippen molar-refractivity contribution in [3.05, 3.63) is 29.6 Å². The summed E-state index contributed by atoms with van der Waals surface area (Å²) in [6, 6.07) is 3.67. The Hall–Kier alpha value is -2.38. The third-order valence-corrected chi connectivity index (χ3v) is 3.12. The Morgan fingerprint density at radius 3 is 2.59 bits per heavy atom. The average Bonchev–Trinajstić information content (AvgIpc) is 2.43. The van der Waals surface area contributed by atoms with E-state index in [2.05, 4.69) is 15.3 Å². The highest BCUT2D eigenvalue weighted by molar-refractivity contribution is 5.91. The number of nitrogens with one attached hydrogen (secondary N) is 1. The molecule has 0 bridgehead atoms. The maximum absolute atomic E-state index is 12.9. The van der Waals surface area contributed by atoms with Crippen molar-refractivity contribution in [2.45, 2.75) is 32.5 Å². The number of alkyl halides is 3. The Morgan fingerprint density at radius 2 is 2.05 bits per heavy atom. The van der Waals surface area contributed by atoms with Crippen LogP contribution in [-0.4, -0.2) is 27.1 Å². The van der Waals surface area contributed by atoms with Crippen LogP contribution < -0.4 is 5.32 Å². The van der Waals surface area contributed by atoms with Gasteiger partial charge >= 0.3 is 12.1 Å². The zero-order valence-corrected chi connectivity index (χ0v) is 11.9. The molecule has 8 heteroatoms. The fraction of sp³-hybridized carbons (Fsp3) is 0.357. The number of carboxylic acids is 1. The molecule has 118 valence electrons. The molecule has 0 aliphatic rings. The van der Waals surface area contributed by atoms with E-state index in [4.69, 9.17) is 5.11 Å². The van der Waals surface area contributed by atoms with Gasteiger partial charge in [-0.3, -0.25) is 0 Å². The molecule has 1 atom stereocenters. The van der Waals surface area contributed by atoms with Gasteiger partial charge in [0.1, 0.15) is 11.9 Å². The van der Waals surface area contributed by atoms with Crippen molar-refractivity contribution in [1.29, 1.82) is 0 Å². The Morgan fingerprint density at radius 1 is 1.36 bits per heavy atom. The highest BCUT2D eigenvalue weighted by Gasteiger charge is 2.35. The maximum Gasteiger partial charge on any atom is 0.451 e. The van der Waals surface area contributed by atoms with Crippen molar-refractivity contribution < 1.29 is 23.1 Å². The number of hydrogen-bond donors (Lipinski definition) is 2. The highest BCUT2D eigenvalue weighted by Crippen LogP contribution is 2.31. The highest BCUT2D eigenvalue weighted by atomic mass is 19.4. The Labute approximate surface area is 124 Å². The van der Waals surface area contributed by atoms with Crippen molar-refractivity contribution in [2.75, 3.05) is 5.32 Å². The lowest BCUT2D eigenvalue weighted by Crippen LogP contribution is -2.29. The molecule has 0 aliphatic heterocycles. The first kappa shape index (κ1) is 16.0. The number of aliphatic carboxylic acids is 1. The summed E-state index contributed by atoms with van der Waals surface area (Å²) < 4.78 is 38.7. The largest absolute Gasteiger partial charge is 0.480 e. The van der Waals surface area contributed by atoms with Crippen molar-refractivity contribution in [1.82, 2.24) is 9.97 Å². The minimum absolute atomic E-state index is 0.107. The maximum atomic E-state index is 12.9. The van der Waals surface area contributed by atoms with E-state index in [0.29, 0.717) is 5.39 Å². The number of aromatic nitrogens is 2. The topological polar surface area (TPSA) is 75.1 Å². The molecule has 5 nitrogen and oxygen atoms in total. The van der Waals surface area contributed by atoms with Gasteiger partial charge in [-0.25, -0.2) is 14.8 Å². The van der Waals surface area contributed by atoms with Gasteiger partial charge < -0.3 is 10.4 Å².